The average molecular weight is 597 g/mol. The van der Waals surface area contributed by atoms with Crippen LogP contribution in [0.1, 0.15) is 16.8 Å². The van der Waals surface area contributed by atoms with Gasteiger partial charge in [0.15, 0.2) is 0 Å². The molecule has 0 saturated carbocycles. The number of benzene rings is 3. The number of aliphatic hydroxyl groups excluding tert-OH is 1. The third-order valence-electron chi connectivity index (χ3n) is 6.08. The zero-order valence-electron chi connectivity index (χ0n) is 20.2. The predicted molar refractivity (Wildman–Crippen MR) is 144 cm³/mol. The molecule has 5 heteroatoms. The van der Waals surface area contributed by atoms with Gasteiger partial charge >= 0.3 is 0 Å². The molecule has 0 atom stereocenters. The molecular weight excluding hydrogens is 567 g/mol. The number of hydrogen-bond donors (Lipinski definition) is 1. The van der Waals surface area contributed by atoms with Crippen LogP contribution in [0.4, 0.5) is 5.69 Å². The lowest BCUT2D eigenvalue weighted by Crippen LogP contribution is -3.00. The van der Waals surface area contributed by atoms with E-state index in [0.29, 0.717) is 6.54 Å². The fourth-order valence-corrected chi connectivity index (χ4v) is 4.08. The summed E-state index contributed by atoms with van der Waals surface area (Å²) in [5.74, 6) is 0. The molecule has 1 N–H and O–H groups in total. The van der Waals surface area contributed by atoms with Crippen molar-refractivity contribution in [3.05, 3.63) is 107 Å². The van der Waals surface area contributed by atoms with Crippen molar-refractivity contribution >= 4 is 29.4 Å². The Balaban J connectivity index is 0.00000342. The van der Waals surface area contributed by atoms with E-state index in [2.05, 4.69) is 103 Å². The van der Waals surface area contributed by atoms with Gasteiger partial charge in [0.25, 0.3) is 0 Å². The molecule has 180 valence electrons. The highest BCUT2D eigenvalue weighted by molar-refractivity contribution is 6.30. The third-order valence-corrected chi connectivity index (χ3v) is 6.34. The molecule has 1 aromatic heterocycles. The van der Waals surface area contributed by atoms with Crippen LogP contribution in [0.15, 0.2) is 84.9 Å². The second-order valence-electron chi connectivity index (χ2n) is 8.56. The second kappa shape index (κ2) is 12.3. The van der Waals surface area contributed by atoms with Crippen molar-refractivity contribution in [3.8, 4) is 22.4 Å². The van der Waals surface area contributed by atoms with Crippen LogP contribution in [0.25, 0.3) is 34.5 Å². The molecule has 0 unspecified atom stereocenters. The van der Waals surface area contributed by atoms with E-state index in [9.17, 15) is 0 Å². The van der Waals surface area contributed by atoms with Crippen molar-refractivity contribution in [2.24, 2.45) is 7.05 Å². The first kappa shape index (κ1) is 26.9. The van der Waals surface area contributed by atoms with Crippen molar-refractivity contribution < 1.29 is 33.7 Å². The highest BCUT2D eigenvalue weighted by Gasteiger charge is 2.16. The van der Waals surface area contributed by atoms with Gasteiger partial charge < -0.3 is 34.0 Å². The van der Waals surface area contributed by atoms with Crippen molar-refractivity contribution in [1.29, 1.82) is 0 Å². The Bertz CT molecular complexity index is 1280. The molecule has 0 saturated heterocycles. The molecule has 3 nitrogen and oxygen atoms in total. The van der Waals surface area contributed by atoms with E-state index < -0.39 is 0 Å². The first-order chi connectivity index (χ1) is 16.4. The third kappa shape index (κ3) is 6.72. The Labute approximate surface area is 230 Å². The number of anilines is 1. The van der Waals surface area contributed by atoms with Crippen LogP contribution in [-0.4, -0.2) is 25.3 Å². The summed E-state index contributed by atoms with van der Waals surface area (Å²) in [7, 11) is 4.09. The van der Waals surface area contributed by atoms with Crippen LogP contribution in [-0.2, 0) is 7.05 Å². The molecule has 0 fully saturated rings. The molecule has 3 aromatic carbocycles. The largest absolute Gasteiger partial charge is 1.00 e. The van der Waals surface area contributed by atoms with Gasteiger partial charge in [0.05, 0.1) is 6.61 Å². The molecule has 0 aliphatic rings. The summed E-state index contributed by atoms with van der Waals surface area (Å²) >= 11 is 6.13. The Hall–Kier alpha value is -2.67. The van der Waals surface area contributed by atoms with Gasteiger partial charge in [0.2, 0.25) is 11.4 Å². The average Bonchev–Trinajstić information content (AvgIpc) is 2.85. The Kier molecular flexibility index (Phi) is 9.49. The van der Waals surface area contributed by atoms with E-state index in [4.69, 9.17) is 16.7 Å². The number of aliphatic hydroxyl groups is 1. The number of likely N-dealkylation sites (N-methyl/N-ethyl adjacent to an activating group) is 1. The minimum Gasteiger partial charge on any atom is -1.00 e. The van der Waals surface area contributed by atoms with Gasteiger partial charge in [-0.2, -0.15) is 4.57 Å². The van der Waals surface area contributed by atoms with E-state index in [1.165, 1.54) is 11.1 Å². The maximum absolute atomic E-state index is 9.16. The zero-order valence-corrected chi connectivity index (χ0v) is 23.2. The zero-order chi connectivity index (χ0) is 24.1. The molecule has 4 aromatic rings. The highest BCUT2D eigenvalue weighted by atomic mass is 127. The molecular formula is C30H30ClIN2O. The summed E-state index contributed by atoms with van der Waals surface area (Å²) in [5.41, 5.74) is 9.15. The van der Waals surface area contributed by atoms with E-state index >= 15 is 0 Å². The molecule has 1 heterocycles. The van der Waals surface area contributed by atoms with Crippen molar-refractivity contribution in [2.45, 2.75) is 6.92 Å². The van der Waals surface area contributed by atoms with Crippen LogP contribution in [0.5, 0.6) is 0 Å². The topological polar surface area (TPSA) is 27.3 Å². The van der Waals surface area contributed by atoms with Crippen LogP contribution in [0.2, 0.25) is 5.02 Å². The van der Waals surface area contributed by atoms with Crippen LogP contribution >= 0.6 is 11.6 Å². The highest BCUT2D eigenvalue weighted by Crippen LogP contribution is 2.27. The normalized spacial score (nSPS) is 10.9. The first-order valence-electron chi connectivity index (χ1n) is 11.4. The molecule has 0 aliphatic carbocycles. The molecule has 0 bridgehead atoms. The minimum atomic E-state index is 0. The Morgan fingerprint density at radius 2 is 1.46 bits per heavy atom. The van der Waals surface area contributed by atoms with Gasteiger partial charge in [0.1, 0.15) is 7.05 Å². The fraction of sp³-hybridized carbons (Fsp3) is 0.167. The van der Waals surface area contributed by atoms with Crippen molar-refractivity contribution in [3.63, 3.8) is 0 Å². The number of hydrogen-bond acceptors (Lipinski definition) is 2. The number of halogens is 2. The van der Waals surface area contributed by atoms with Gasteiger partial charge in [-0.1, -0.05) is 53.6 Å². The SMILES string of the molecule is Cc1ccc(-c2cc(-c3ccc(Cl)cc3)cc(/C=C/c3ccc(N(C)CCO)cc3)[n+]2C)cc1.[I-]. The predicted octanol–water partition coefficient (Wildman–Crippen LogP) is 3.41. The summed E-state index contributed by atoms with van der Waals surface area (Å²) in [6, 6.07) is 29.4. The summed E-state index contributed by atoms with van der Waals surface area (Å²) < 4.78 is 2.23. The second-order valence-corrected chi connectivity index (χ2v) is 8.99. The summed E-state index contributed by atoms with van der Waals surface area (Å²) in [6.45, 7) is 2.86. The number of pyridine rings is 1. The van der Waals surface area contributed by atoms with E-state index in [0.717, 1.165) is 38.8 Å². The van der Waals surface area contributed by atoms with E-state index in [1.54, 1.807) is 0 Å². The monoisotopic (exact) mass is 596 g/mol. The van der Waals surface area contributed by atoms with Crippen molar-refractivity contribution in [2.75, 3.05) is 25.1 Å². The van der Waals surface area contributed by atoms with Gasteiger partial charge in [-0.15, -0.1) is 0 Å². The number of aryl methyl sites for hydroxylation is 1. The summed E-state index contributed by atoms with van der Waals surface area (Å²) in [4.78, 5) is 2.04. The smallest absolute Gasteiger partial charge is 0.213 e. The quantitative estimate of drug-likeness (QED) is 0.262. The van der Waals surface area contributed by atoms with Gasteiger partial charge in [-0.3, -0.25) is 0 Å². The minimum absolute atomic E-state index is 0. The summed E-state index contributed by atoms with van der Waals surface area (Å²) in [5, 5.41) is 9.90. The molecule has 4 rings (SSSR count). The number of aromatic nitrogens is 1. The van der Waals surface area contributed by atoms with E-state index in [-0.39, 0.29) is 30.6 Å². The standard InChI is InChI=1S/C30H30ClN2O.HI/c1-22-4-9-25(10-5-22)30-21-26(24-11-13-27(31)14-12-24)20-29(33(30)3)17-8-23-6-15-28(16-7-23)32(2)18-19-34;/h4-17,20-21,34H,18-19H2,1-3H3;1H/q+1;/p-1. The maximum Gasteiger partial charge on any atom is 0.213 e. The van der Waals surface area contributed by atoms with Crippen LogP contribution in [0, 0.1) is 6.92 Å². The maximum atomic E-state index is 9.16. The lowest BCUT2D eigenvalue weighted by atomic mass is 10.0. The van der Waals surface area contributed by atoms with Crippen LogP contribution < -0.4 is 33.4 Å². The van der Waals surface area contributed by atoms with Gasteiger partial charge in [0, 0.05) is 48.1 Å². The van der Waals surface area contributed by atoms with E-state index in [1.807, 2.05) is 24.1 Å². The van der Waals surface area contributed by atoms with Crippen molar-refractivity contribution in [1.82, 2.24) is 0 Å². The summed E-state index contributed by atoms with van der Waals surface area (Å²) in [6.07, 6.45) is 4.29. The lowest BCUT2D eigenvalue weighted by Gasteiger charge is -2.17. The first-order valence-corrected chi connectivity index (χ1v) is 11.8. The lowest BCUT2D eigenvalue weighted by molar-refractivity contribution is -0.662. The van der Waals surface area contributed by atoms with Gasteiger partial charge in [-0.05, 0) is 66.1 Å². The number of rotatable bonds is 7. The fourth-order valence-electron chi connectivity index (χ4n) is 3.95. The van der Waals surface area contributed by atoms with Crippen LogP contribution in [0.3, 0.4) is 0 Å². The Morgan fingerprint density at radius 1 is 0.829 bits per heavy atom. The molecule has 0 aliphatic heterocycles. The molecule has 0 amide bonds. The number of nitrogens with zero attached hydrogens (tertiary/aromatic N) is 2. The molecule has 35 heavy (non-hydrogen) atoms. The molecule has 0 radical (unpaired) electrons. The Morgan fingerprint density at radius 3 is 2.09 bits per heavy atom. The molecule has 0 spiro atoms. The van der Waals surface area contributed by atoms with Gasteiger partial charge in [-0.25, -0.2) is 0 Å².